The van der Waals surface area contributed by atoms with E-state index in [1.807, 2.05) is 12.3 Å². The van der Waals surface area contributed by atoms with Gasteiger partial charge in [0.05, 0.1) is 16.9 Å². The quantitative estimate of drug-likeness (QED) is 0.182. The van der Waals surface area contributed by atoms with Gasteiger partial charge in [0.25, 0.3) is 0 Å². The number of pyridine rings is 2. The molecule has 4 aromatic carbocycles. The van der Waals surface area contributed by atoms with Crippen molar-refractivity contribution in [3.63, 3.8) is 0 Å². The number of para-hydroxylation sites is 2. The van der Waals surface area contributed by atoms with Gasteiger partial charge in [-0.2, -0.15) is 0 Å². The van der Waals surface area contributed by atoms with E-state index in [0.29, 0.717) is 0 Å². The summed E-state index contributed by atoms with van der Waals surface area (Å²) < 4.78 is 0. The maximum Gasteiger partial charge on any atom is 0.135 e. The molecule has 1 N–H and O–H groups in total. The van der Waals surface area contributed by atoms with Crippen molar-refractivity contribution in [3.8, 4) is 33.6 Å². The number of hydrogen-bond acceptors (Lipinski definition) is 2. The van der Waals surface area contributed by atoms with Crippen LogP contribution < -0.4 is 10.5 Å². The van der Waals surface area contributed by atoms with E-state index in [-0.39, 0.29) is 16.2 Å². The van der Waals surface area contributed by atoms with E-state index in [9.17, 15) is 0 Å². The second-order valence-corrected chi connectivity index (χ2v) is 22.6. The summed E-state index contributed by atoms with van der Waals surface area (Å²) in [5.74, 6) is 0. The molecule has 3 nitrogen and oxygen atoms in total. The van der Waals surface area contributed by atoms with Crippen molar-refractivity contribution in [3.05, 3.63) is 132 Å². The molecule has 4 heteroatoms. The Morgan fingerprint density at radius 1 is 0.519 bits per heavy atom. The lowest BCUT2D eigenvalue weighted by atomic mass is 9.79. The summed E-state index contributed by atoms with van der Waals surface area (Å²) in [6.07, 6.45) is 1.93. The highest BCUT2D eigenvalue weighted by Gasteiger charge is 2.30. The standard InChI is InChI=1S/C48H53N3Si/c1-46(2,3)34-23-31(24-35(29-34)47(4,5)6)32-27-42(50-43(28-32)40-19-16-18-39-38-17-12-13-20-41(38)51-45(39)40)33-25-36(48(7,8)9)30-37(26-33)52(10,11)44-21-14-15-22-49-44/h12-30,51H,1-11H3. The highest BCUT2D eigenvalue weighted by Crippen LogP contribution is 2.39. The van der Waals surface area contributed by atoms with Crippen molar-refractivity contribution in [1.82, 2.24) is 15.0 Å². The zero-order valence-corrected chi connectivity index (χ0v) is 33.9. The summed E-state index contributed by atoms with van der Waals surface area (Å²) in [5.41, 5.74) is 12.8. The predicted octanol–water partition coefficient (Wildman–Crippen LogP) is 11.8. The van der Waals surface area contributed by atoms with E-state index >= 15 is 0 Å². The summed E-state index contributed by atoms with van der Waals surface area (Å²) in [5, 5.41) is 5.00. The van der Waals surface area contributed by atoms with Crippen LogP contribution in [0.25, 0.3) is 55.4 Å². The normalized spacial score (nSPS) is 12.9. The molecule has 0 unspecified atom stereocenters. The van der Waals surface area contributed by atoms with Crippen molar-refractivity contribution in [2.24, 2.45) is 0 Å². The zero-order valence-electron chi connectivity index (χ0n) is 32.9. The third-order valence-corrected chi connectivity index (χ3v) is 14.1. The van der Waals surface area contributed by atoms with Gasteiger partial charge in [-0.25, -0.2) is 4.98 Å². The molecular weight excluding hydrogens is 647 g/mol. The lowest BCUT2D eigenvalue weighted by Gasteiger charge is -2.28. The van der Waals surface area contributed by atoms with Gasteiger partial charge in [0.1, 0.15) is 8.07 Å². The average Bonchev–Trinajstić information content (AvgIpc) is 3.49. The molecule has 0 amide bonds. The topological polar surface area (TPSA) is 41.6 Å². The zero-order chi connectivity index (χ0) is 37.2. The average molecular weight is 700 g/mol. The Hall–Kier alpha value is -4.80. The van der Waals surface area contributed by atoms with Crippen molar-refractivity contribution in [1.29, 1.82) is 0 Å². The molecule has 0 aliphatic rings. The fraction of sp³-hybridized carbons (Fsp3) is 0.292. The Labute approximate surface area is 311 Å². The lowest BCUT2D eigenvalue weighted by molar-refractivity contribution is 0.569. The van der Waals surface area contributed by atoms with Gasteiger partial charge < -0.3 is 4.98 Å². The SMILES string of the molecule is CC(C)(C)c1cc(-c2cc(-c3cc(C(C)(C)C)cc([Si](C)(C)c4ccccn4)c3)nc(-c3cccc4c3[nH]c3ccccc34)c2)cc(C(C)(C)C)c1. The van der Waals surface area contributed by atoms with Gasteiger partial charge in [-0.05, 0) is 80.5 Å². The van der Waals surface area contributed by atoms with E-state index in [1.165, 1.54) is 49.1 Å². The van der Waals surface area contributed by atoms with Crippen molar-refractivity contribution in [2.75, 3.05) is 0 Å². The fourth-order valence-corrected chi connectivity index (χ4v) is 9.42. The molecule has 0 spiro atoms. The van der Waals surface area contributed by atoms with Gasteiger partial charge in [0.15, 0.2) is 0 Å². The van der Waals surface area contributed by atoms with E-state index < -0.39 is 8.07 Å². The number of H-pyrrole nitrogens is 1. The molecule has 264 valence electrons. The van der Waals surface area contributed by atoms with E-state index in [1.54, 1.807) is 0 Å². The van der Waals surface area contributed by atoms with Crippen LogP contribution in [-0.2, 0) is 16.2 Å². The molecule has 0 aliphatic carbocycles. The van der Waals surface area contributed by atoms with Gasteiger partial charge in [-0.1, -0.05) is 153 Å². The van der Waals surface area contributed by atoms with E-state index in [0.717, 1.165) is 33.5 Å². The smallest absolute Gasteiger partial charge is 0.135 e. The van der Waals surface area contributed by atoms with Crippen LogP contribution in [0.1, 0.15) is 79.0 Å². The molecule has 0 saturated heterocycles. The summed E-state index contributed by atoms with van der Waals surface area (Å²) in [6.45, 7) is 25.6. The maximum absolute atomic E-state index is 5.56. The summed E-state index contributed by atoms with van der Waals surface area (Å²) >= 11 is 0. The van der Waals surface area contributed by atoms with Crippen molar-refractivity contribution in [2.45, 2.75) is 91.7 Å². The molecule has 0 fully saturated rings. The van der Waals surface area contributed by atoms with Crippen LogP contribution in [-0.4, -0.2) is 23.0 Å². The van der Waals surface area contributed by atoms with Crippen LogP contribution in [0.4, 0.5) is 0 Å². The number of benzene rings is 4. The van der Waals surface area contributed by atoms with Crippen LogP contribution in [0.5, 0.6) is 0 Å². The number of rotatable bonds is 5. The number of nitrogens with one attached hydrogen (secondary N) is 1. The lowest BCUT2D eigenvalue weighted by Crippen LogP contribution is -2.54. The summed E-state index contributed by atoms with van der Waals surface area (Å²) in [7, 11) is -2.14. The second kappa shape index (κ2) is 12.7. The Morgan fingerprint density at radius 2 is 1.10 bits per heavy atom. The van der Waals surface area contributed by atoms with Gasteiger partial charge in [-0.3, -0.25) is 4.98 Å². The van der Waals surface area contributed by atoms with Crippen LogP contribution >= 0.6 is 0 Å². The van der Waals surface area contributed by atoms with Crippen LogP contribution in [0.15, 0.2) is 115 Å². The minimum Gasteiger partial charge on any atom is -0.354 e. The van der Waals surface area contributed by atoms with Crippen LogP contribution in [0, 0.1) is 0 Å². The fourth-order valence-electron chi connectivity index (χ4n) is 7.18. The predicted molar refractivity (Wildman–Crippen MR) is 227 cm³/mol. The first-order chi connectivity index (χ1) is 24.4. The number of aromatic nitrogens is 3. The summed E-state index contributed by atoms with van der Waals surface area (Å²) in [4.78, 5) is 14.2. The van der Waals surface area contributed by atoms with Crippen molar-refractivity contribution < 1.29 is 0 Å². The highest BCUT2D eigenvalue weighted by molar-refractivity contribution is 7.00. The van der Waals surface area contributed by atoms with E-state index in [2.05, 4.69) is 184 Å². The molecule has 52 heavy (non-hydrogen) atoms. The molecule has 0 aliphatic heterocycles. The van der Waals surface area contributed by atoms with Gasteiger partial charge >= 0.3 is 0 Å². The molecule has 0 radical (unpaired) electrons. The Balaban J connectivity index is 1.53. The molecule has 0 bridgehead atoms. The second-order valence-electron chi connectivity index (χ2n) is 18.2. The first-order valence-electron chi connectivity index (χ1n) is 18.7. The maximum atomic E-state index is 5.56. The highest BCUT2D eigenvalue weighted by atomic mass is 28.3. The van der Waals surface area contributed by atoms with Crippen molar-refractivity contribution >= 4 is 40.4 Å². The number of fused-ring (bicyclic) bond motifs is 3. The number of aromatic amines is 1. The van der Waals surface area contributed by atoms with Gasteiger partial charge in [0.2, 0.25) is 0 Å². The minimum absolute atomic E-state index is 0.00226. The molecule has 0 saturated carbocycles. The number of nitrogens with zero attached hydrogens (tertiary/aromatic N) is 2. The molecule has 0 atom stereocenters. The molecule has 3 heterocycles. The summed E-state index contributed by atoms with van der Waals surface area (Å²) in [6, 6.07) is 40.5. The van der Waals surface area contributed by atoms with Crippen LogP contribution in [0.3, 0.4) is 0 Å². The van der Waals surface area contributed by atoms with Crippen LogP contribution in [0.2, 0.25) is 13.1 Å². The monoisotopic (exact) mass is 699 g/mol. The first-order valence-corrected chi connectivity index (χ1v) is 21.7. The Morgan fingerprint density at radius 3 is 1.75 bits per heavy atom. The third kappa shape index (κ3) is 6.77. The molecule has 7 rings (SSSR count). The Bertz CT molecular complexity index is 2400. The molecular formula is C48H53N3Si. The first kappa shape index (κ1) is 35.6. The molecule has 7 aromatic rings. The van der Waals surface area contributed by atoms with Gasteiger partial charge in [-0.15, -0.1) is 0 Å². The largest absolute Gasteiger partial charge is 0.354 e. The molecule has 3 aromatic heterocycles. The van der Waals surface area contributed by atoms with Gasteiger partial charge in [0, 0.05) is 38.9 Å². The Kier molecular flexibility index (Phi) is 8.69. The number of hydrogen-bond donors (Lipinski definition) is 1. The van der Waals surface area contributed by atoms with E-state index in [4.69, 9.17) is 9.97 Å². The third-order valence-electron chi connectivity index (χ3n) is 10.8. The minimum atomic E-state index is -2.14.